The monoisotopic (exact) mass is 135 g/mol. The lowest BCUT2D eigenvalue weighted by Crippen LogP contribution is -2.07. The highest BCUT2D eigenvalue weighted by atomic mass is 15.1. The van der Waals surface area contributed by atoms with Gasteiger partial charge >= 0.3 is 0 Å². The number of rotatable bonds is 3. The number of hydrogen-bond acceptors (Lipinski definition) is 1. The van der Waals surface area contributed by atoms with Gasteiger partial charge in [-0.15, -0.1) is 5.73 Å². The summed E-state index contributed by atoms with van der Waals surface area (Å²) in [5.41, 5.74) is 3.75. The molecule has 0 rings (SSSR count). The molecule has 0 saturated carbocycles. The summed E-state index contributed by atoms with van der Waals surface area (Å²) in [5, 5.41) is 0. The standard InChI is InChI=1S/C9H13N/c1-5-7-8-9(6-2)10(3)4/h5,7-8H,1-2H2,3-4H3/b8-7-. The largest absolute Gasteiger partial charge is 0.371 e. The minimum atomic E-state index is 0.958. The molecule has 0 atom stereocenters. The van der Waals surface area contributed by atoms with Gasteiger partial charge in [-0.05, 0) is 6.08 Å². The fourth-order valence-electron chi connectivity index (χ4n) is 0.525. The summed E-state index contributed by atoms with van der Waals surface area (Å²) in [6.07, 6.45) is 5.48. The van der Waals surface area contributed by atoms with E-state index >= 15 is 0 Å². The molecular formula is C9H13N. The van der Waals surface area contributed by atoms with Crippen molar-refractivity contribution in [3.05, 3.63) is 42.8 Å². The first-order valence-electron chi connectivity index (χ1n) is 3.09. The Hall–Kier alpha value is -1.20. The van der Waals surface area contributed by atoms with Crippen LogP contribution >= 0.6 is 0 Å². The number of nitrogens with zero attached hydrogens (tertiary/aromatic N) is 1. The molecule has 0 spiro atoms. The number of allylic oxidation sites excluding steroid dienone is 3. The zero-order chi connectivity index (χ0) is 7.98. The highest BCUT2D eigenvalue weighted by Gasteiger charge is 1.88. The van der Waals surface area contributed by atoms with Crippen LogP contribution in [0.3, 0.4) is 0 Å². The Balaban J connectivity index is 4.25. The van der Waals surface area contributed by atoms with E-state index in [4.69, 9.17) is 0 Å². The molecule has 0 aromatic rings. The molecule has 0 aromatic carbocycles. The van der Waals surface area contributed by atoms with Crippen LogP contribution in [0, 0.1) is 0 Å². The topological polar surface area (TPSA) is 3.24 Å². The minimum Gasteiger partial charge on any atom is -0.371 e. The molecule has 0 aliphatic heterocycles. The Bertz CT molecular complexity index is 181. The molecule has 0 heterocycles. The zero-order valence-corrected chi connectivity index (χ0v) is 6.59. The second-order valence-electron chi connectivity index (χ2n) is 2.05. The van der Waals surface area contributed by atoms with Gasteiger partial charge in [-0.25, -0.2) is 0 Å². The second-order valence-corrected chi connectivity index (χ2v) is 2.05. The molecule has 54 valence electrons. The Morgan fingerprint density at radius 2 is 2.10 bits per heavy atom. The van der Waals surface area contributed by atoms with Crippen LogP contribution < -0.4 is 0 Å². The first-order chi connectivity index (χ1) is 4.72. The summed E-state index contributed by atoms with van der Waals surface area (Å²) in [6.45, 7) is 7.11. The van der Waals surface area contributed by atoms with Gasteiger partial charge in [0.1, 0.15) is 0 Å². The molecule has 0 aromatic heterocycles. The Labute approximate surface area is 62.7 Å². The molecule has 0 N–H and O–H groups in total. The van der Waals surface area contributed by atoms with E-state index in [0.717, 1.165) is 5.70 Å². The van der Waals surface area contributed by atoms with Gasteiger partial charge in [-0.3, -0.25) is 0 Å². The van der Waals surface area contributed by atoms with Crippen molar-refractivity contribution in [2.75, 3.05) is 14.1 Å². The van der Waals surface area contributed by atoms with Gasteiger partial charge in [-0.1, -0.05) is 25.3 Å². The quantitative estimate of drug-likeness (QED) is 0.422. The van der Waals surface area contributed by atoms with Gasteiger partial charge in [0.25, 0.3) is 0 Å². The fraction of sp³-hybridized carbons (Fsp3) is 0.222. The van der Waals surface area contributed by atoms with Crippen molar-refractivity contribution in [2.45, 2.75) is 0 Å². The maximum atomic E-state index is 3.56. The summed E-state index contributed by atoms with van der Waals surface area (Å²) in [4.78, 5) is 1.94. The van der Waals surface area contributed by atoms with E-state index in [9.17, 15) is 0 Å². The smallest absolute Gasteiger partial charge is 0.0788 e. The number of likely N-dealkylation sites (N-methyl/N-ethyl adjacent to an activating group) is 1. The van der Waals surface area contributed by atoms with Gasteiger partial charge < -0.3 is 4.90 Å². The minimum absolute atomic E-state index is 0.958. The van der Waals surface area contributed by atoms with Crippen LogP contribution in [0.15, 0.2) is 42.8 Å². The van der Waals surface area contributed by atoms with Crippen LogP contribution in [0.4, 0.5) is 0 Å². The third kappa shape index (κ3) is 2.95. The fourth-order valence-corrected chi connectivity index (χ4v) is 0.525. The average molecular weight is 135 g/mol. The van der Waals surface area contributed by atoms with Crippen LogP contribution in [0.2, 0.25) is 0 Å². The first kappa shape index (κ1) is 8.80. The Morgan fingerprint density at radius 3 is 2.40 bits per heavy atom. The van der Waals surface area contributed by atoms with Crippen LogP contribution in [0.1, 0.15) is 0 Å². The van der Waals surface area contributed by atoms with E-state index in [0.29, 0.717) is 0 Å². The Morgan fingerprint density at radius 1 is 1.50 bits per heavy atom. The Kier molecular flexibility index (Phi) is 4.10. The zero-order valence-electron chi connectivity index (χ0n) is 6.59. The predicted molar refractivity (Wildman–Crippen MR) is 45.7 cm³/mol. The predicted octanol–water partition coefficient (Wildman–Crippen LogP) is 1.96. The van der Waals surface area contributed by atoms with E-state index in [1.165, 1.54) is 0 Å². The van der Waals surface area contributed by atoms with Crippen molar-refractivity contribution in [3.63, 3.8) is 0 Å². The maximum absolute atomic E-state index is 3.56. The van der Waals surface area contributed by atoms with E-state index < -0.39 is 0 Å². The third-order valence-corrected chi connectivity index (χ3v) is 1.05. The molecule has 0 radical (unpaired) electrons. The summed E-state index contributed by atoms with van der Waals surface area (Å²) in [5.74, 6) is 0. The van der Waals surface area contributed by atoms with Crippen LogP contribution in [0.5, 0.6) is 0 Å². The van der Waals surface area contributed by atoms with Gasteiger partial charge in [0, 0.05) is 14.1 Å². The van der Waals surface area contributed by atoms with Crippen molar-refractivity contribution in [2.24, 2.45) is 0 Å². The highest BCUT2D eigenvalue weighted by molar-refractivity contribution is 5.18. The summed E-state index contributed by atoms with van der Waals surface area (Å²) in [7, 11) is 3.89. The van der Waals surface area contributed by atoms with Crippen LogP contribution in [0.25, 0.3) is 0 Å². The van der Waals surface area contributed by atoms with Gasteiger partial charge in [0.05, 0.1) is 5.70 Å². The van der Waals surface area contributed by atoms with Gasteiger partial charge in [0.15, 0.2) is 0 Å². The van der Waals surface area contributed by atoms with Crippen molar-refractivity contribution >= 4 is 0 Å². The molecule has 1 heteroatoms. The second kappa shape index (κ2) is 4.66. The summed E-state index contributed by atoms with van der Waals surface area (Å²) >= 11 is 0. The molecule has 0 fully saturated rings. The lowest BCUT2D eigenvalue weighted by Gasteiger charge is -2.09. The van der Waals surface area contributed by atoms with Gasteiger partial charge in [-0.2, -0.15) is 0 Å². The normalized spacial score (nSPS) is 9.00. The summed E-state index contributed by atoms with van der Waals surface area (Å²) in [6, 6.07) is 0. The maximum Gasteiger partial charge on any atom is 0.0788 e. The van der Waals surface area contributed by atoms with Crippen molar-refractivity contribution in [1.82, 2.24) is 4.90 Å². The molecular weight excluding hydrogens is 122 g/mol. The highest BCUT2D eigenvalue weighted by Crippen LogP contribution is 1.96. The molecule has 0 saturated heterocycles. The lowest BCUT2D eigenvalue weighted by atomic mass is 10.3. The average Bonchev–Trinajstić information content (AvgIpc) is 1.89. The molecule has 0 amide bonds. The van der Waals surface area contributed by atoms with Crippen LogP contribution in [-0.4, -0.2) is 19.0 Å². The van der Waals surface area contributed by atoms with E-state index in [1.807, 2.05) is 31.1 Å². The lowest BCUT2D eigenvalue weighted by molar-refractivity contribution is 0.531. The molecule has 0 unspecified atom stereocenters. The third-order valence-electron chi connectivity index (χ3n) is 1.05. The van der Waals surface area contributed by atoms with E-state index in [-0.39, 0.29) is 0 Å². The molecule has 1 nitrogen and oxygen atoms in total. The van der Waals surface area contributed by atoms with E-state index in [2.05, 4.69) is 18.9 Å². The first-order valence-corrected chi connectivity index (χ1v) is 3.09. The van der Waals surface area contributed by atoms with Crippen LogP contribution in [-0.2, 0) is 0 Å². The summed E-state index contributed by atoms with van der Waals surface area (Å²) < 4.78 is 0. The van der Waals surface area contributed by atoms with Gasteiger partial charge in [0.2, 0.25) is 0 Å². The van der Waals surface area contributed by atoms with E-state index in [1.54, 1.807) is 6.08 Å². The molecule has 10 heavy (non-hydrogen) atoms. The molecule has 0 aliphatic rings. The molecule has 0 aliphatic carbocycles. The number of hydrogen-bond donors (Lipinski definition) is 0. The van der Waals surface area contributed by atoms with Crippen molar-refractivity contribution in [3.8, 4) is 0 Å². The SMILES string of the molecule is C=C=C(/C=C\C=C)N(C)C. The van der Waals surface area contributed by atoms with Crippen molar-refractivity contribution < 1.29 is 0 Å². The van der Waals surface area contributed by atoms with Crippen molar-refractivity contribution in [1.29, 1.82) is 0 Å². The molecule has 0 bridgehead atoms.